The van der Waals surface area contributed by atoms with Crippen molar-refractivity contribution in [1.29, 1.82) is 0 Å². The first-order valence-corrected chi connectivity index (χ1v) is 9.36. The Morgan fingerprint density at radius 1 is 1.11 bits per heavy atom. The number of ketones is 1. The first kappa shape index (κ1) is 17.6. The van der Waals surface area contributed by atoms with Gasteiger partial charge in [-0.25, -0.2) is 4.98 Å². The summed E-state index contributed by atoms with van der Waals surface area (Å²) in [4.78, 5) is 19.7. The Labute approximate surface area is 160 Å². The van der Waals surface area contributed by atoms with Gasteiger partial charge in [0.1, 0.15) is 5.82 Å². The van der Waals surface area contributed by atoms with Crippen LogP contribution in [-0.2, 0) is 4.79 Å². The SMILES string of the molecule is CN(C)c1ccc(C2Nc3ncccc3NC3=C2C(=O)CC(C)(C)C3)cc1. The van der Waals surface area contributed by atoms with E-state index < -0.39 is 0 Å². The summed E-state index contributed by atoms with van der Waals surface area (Å²) in [5, 5.41) is 7.02. The Morgan fingerprint density at radius 2 is 1.85 bits per heavy atom. The summed E-state index contributed by atoms with van der Waals surface area (Å²) in [6.07, 6.45) is 3.18. The molecule has 2 aromatic rings. The number of hydrogen-bond acceptors (Lipinski definition) is 5. The van der Waals surface area contributed by atoms with Crippen molar-refractivity contribution in [3.8, 4) is 0 Å². The number of aromatic nitrogens is 1. The minimum atomic E-state index is -0.205. The molecule has 5 heteroatoms. The molecule has 1 aromatic heterocycles. The highest BCUT2D eigenvalue weighted by atomic mass is 16.1. The zero-order valence-corrected chi connectivity index (χ0v) is 16.3. The van der Waals surface area contributed by atoms with Crippen LogP contribution in [0.4, 0.5) is 17.2 Å². The molecule has 0 saturated heterocycles. The van der Waals surface area contributed by atoms with Crippen LogP contribution < -0.4 is 15.5 Å². The number of anilines is 3. The van der Waals surface area contributed by atoms with Gasteiger partial charge in [0.25, 0.3) is 0 Å². The zero-order chi connectivity index (χ0) is 19.2. The van der Waals surface area contributed by atoms with Crippen molar-refractivity contribution < 1.29 is 4.79 Å². The molecule has 0 radical (unpaired) electrons. The Balaban J connectivity index is 1.83. The summed E-state index contributed by atoms with van der Waals surface area (Å²) in [5.41, 5.74) is 4.93. The van der Waals surface area contributed by atoms with E-state index in [0.717, 1.165) is 40.4 Å². The van der Waals surface area contributed by atoms with Gasteiger partial charge in [-0.1, -0.05) is 26.0 Å². The Kier molecular flexibility index (Phi) is 4.17. The lowest BCUT2D eigenvalue weighted by Gasteiger charge is -2.34. The summed E-state index contributed by atoms with van der Waals surface area (Å²) >= 11 is 0. The average Bonchev–Trinajstić information content (AvgIpc) is 2.77. The number of nitrogens with zero attached hydrogens (tertiary/aromatic N) is 2. The second kappa shape index (κ2) is 6.41. The smallest absolute Gasteiger partial charge is 0.163 e. The second-order valence-corrected chi connectivity index (χ2v) is 8.42. The van der Waals surface area contributed by atoms with Crippen molar-refractivity contribution in [2.75, 3.05) is 29.6 Å². The minimum absolute atomic E-state index is 0.0467. The standard InChI is InChI=1S/C22H26N4O/c1-22(2)12-17-19(18(27)13-22)20(14-7-9-15(10-8-14)26(3)4)25-21-16(24-17)6-5-11-23-21/h5-11,20,24H,12-13H2,1-4H3,(H,23,25). The monoisotopic (exact) mass is 362 g/mol. The number of allylic oxidation sites excluding steroid dienone is 1. The van der Waals surface area contributed by atoms with E-state index in [1.165, 1.54) is 0 Å². The highest BCUT2D eigenvalue weighted by Crippen LogP contribution is 2.44. The van der Waals surface area contributed by atoms with Gasteiger partial charge in [-0.05, 0) is 41.7 Å². The number of rotatable bonds is 2. The molecule has 0 amide bonds. The molecule has 4 rings (SSSR count). The van der Waals surface area contributed by atoms with E-state index in [2.05, 4.69) is 58.6 Å². The summed E-state index contributed by atoms with van der Waals surface area (Å²) in [6, 6.07) is 12.1. The van der Waals surface area contributed by atoms with Gasteiger partial charge in [0.2, 0.25) is 0 Å². The summed E-state index contributed by atoms with van der Waals surface area (Å²) in [5.74, 6) is 0.981. The molecule has 1 atom stereocenters. The summed E-state index contributed by atoms with van der Waals surface area (Å²) in [7, 11) is 4.05. The van der Waals surface area contributed by atoms with Crippen LogP contribution in [-0.4, -0.2) is 24.9 Å². The fourth-order valence-corrected chi connectivity index (χ4v) is 3.99. The number of pyridine rings is 1. The highest BCUT2D eigenvalue weighted by Gasteiger charge is 2.38. The van der Waals surface area contributed by atoms with Crippen LogP contribution >= 0.6 is 0 Å². The Bertz CT molecular complexity index is 912. The van der Waals surface area contributed by atoms with Crippen molar-refractivity contribution in [2.24, 2.45) is 5.41 Å². The number of carbonyl (C=O) groups excluding carboxylic acids is 1. The van der Waals surface area contributed by atoms with Crippen molar-refractivity contribution in [1.82, 2.24) is 4.98 Å². The molecule has 2 N–H and O–H groups in total. The maximum atomic E-state index is 13.1. The quantitative estimate of drug-likeness (QED) is 0.831. The molecular formula is C22H26N4O. The average molecular weight is 362 g/mol. The van der Waals surface area contributed by atoms with E-state index in [1.54, 1.807) is 6.20 Å². The molecule has 1 aromatic carbocycles. The topological polar surface area (TPSA) is 57.3 Å². The molecule has 1 unspecified atom stereocenters. The normalized spacial score (nSPS) is 20.7. The lowest BCUT2D eigenvalue weighted by Crippen LogP contribution is -2.31. The number of Topliss-reactive ketones (excluding diaryl/α,β-unsaturated/α-hetero) is 1. The Morgan fingerprint density at radius 3 is 2.56 bits per heavy atom. The van der Waals surface area contributed by atoms with Crippen LogP contribution in [0.5, 0.6) is 0 Å². The van der Waals surface area contributed by atoms with Crippen LogP contribution in [0.25, 0.3) is 0 Å². The summed E-state index contributed by atoms with van der Waals surface area (Å²) in [6.45, 7) is 4.30. The molecule has 1 aliphatic carbocycles. The van der Waals surface area contributed by atoms with Gasteiger partial charge >= 0.3 is 0 Å². The van der Waals surface area contributed by atoms with Gasteiger partial charge in [-0.15, -0.1) is 0 Å². The molecule has 140 valence electrons. The predicted molar refractivity (Wildman–Crippen MR) is 110 cm³/mol. The van der Waals surface area contributed by atoms with Crippen LogP contribution in [0.3, 0.4) is 0 Å². The summed E-state index contributed by atoms with van der Waals surface area (Å²) < 4.78 is 0. The van der Waals surface area contributed by atoms with Crippen molar-refractivity contribution in [2.45, 2.75) is 32.7 Å². The molecule has 0 fully saturated rings. The van der Waals surface area contributed by atoms with Crippen molar-refractivity contribution >= 4 is 23.0 Å². The van der Waals surface area contributed by atoms with Gasteiger partial charge in [0, 0.05) is 43.7 Å². The highest BCUT2D eigenvalue weighted by molar-refractivity contribution is 6.00. The number of carbonyl (C=O) groups is 1. The minimum Gasteiger partial charge on any atom is -0.378 e. The van der Waals surface area contributed by atoms with Gasteiger partial charge in [-0.2, -0.15) is 0 Å². The van der Waals surface area contributed by atoms with Gasteiger partial charge in [0.05, 0.1) is 11.7 Å². The van der Waals surface area contributed by atoms with E-state index in [4.69, 9.17) is 0 Å². The first-order valence-electron chi connectivity index (χ1n) is 9.36. The first-order chi connectivity index (χ1) is 12.8. The fourth-order valence-electron chi connectivity index (χ4n) is 3.99. The molecule has 2 heterocycles. The van der Waals surface area contributed by atoms with Crippen LogP contribution in [0.2, 0.25) is 0 Å². The van der Waals surface area contributed by atoms with Gasteiger partial charge in [0.15, 0.2) is 5.78 Å². The Hall–Kier alpha value is -2.82. The molecule has 2 aliphatic rings. The molecule has 5 nitrogen and oxygen atoms in total. The lowest BCUT2D eigenvalue weighted by molar-refractivity contribution is -0.118. The lowest BCUT2D eigenvalue weighted by atomic mass is 9.73. The van der Waals surface area contributed by atoms with Gasteiger partial charge in [-0.3, -0.25) is 4.79 Å². The molecular weight excluding hydrogens is 336 g/mol. The predicted octanol–water partition coefficient (Wildman–Crippen LogP) is 4.37. The third-order valence-electron chi connectivity index (χ3n) is 5.33. The molecule has 1 aliphatic heterocycles. The van der Waals surface area contributed by atoms with Crippen LogP contribution in [0.1, 0.15) is 38.3 Å². The van der Waals surface area contributed by atoms with E-state index in [1.807, 2.05) is 26.2 Å². The van der Waals surface area contributed by atoms with E-state index in [0.29, 0.717) is 6.42 Å². The van der Waals surface area contributed by atoms with Gasteiger partial charge < -0.3 is 15.5 Å². The fraction of sp³-hybridized carbons (Fsp3) is 0.364. The molecule has 0 spiro atoms. The van der Waals surface area contributed by atoms with E-state index in [9.17, 15) is 4.79 Å². The van der Waals surface area contributed by atoms with E-state index >= 15 is 0 Å². The van der Waals surface area contributed by atoms with E-state index in [-0.39, 0.29) is 17.2 Å². The number of fused-ring (bicyclic) bond motifs is 1. The zero-order valence-electron chi connectivity index (χ0n) is 16.3. The maximum Gasteiger partial charge on any atom is 0.163 e. The molecule has 27 heavy (non-hydrogen) atoms. The van der Waals surface area contributed by atoms with Crippen LogP contribution in [0, 0.1) is 5.41 Å². The van der Waals surface area contributed by atoms with Crippen LogP contribution in [0.15, 0.2) is 53.9 Å². The largest absolute Gasteiger partial charge is 0.378 e. The number of benzene rings is 1. The second-order valence-electron chi connectivity index (χ2n) is 8.42. The third kappa shape index (κ3) is 3.29. The number of hydrogen-bond donors (Lipinski definition) is 2. The maximum absolute atomic E-state index is 13.1. The molecule has 0 bridgehead atoms. The van der Waals surface area contributed by atoms with Crippen molar-refractivity contribution in [3.05, 3.63) is 59.4 Å². The molecule has 0 saturated carbocycles. The van der Waals surface area contributed by atoms with Crippen molar-refractivity contribution in [3.63, 3.8) is 0 Å². The number of nitrogens with one attached hydrogen (secondary N) is 2. The third-order valence-corrected chi connectivity index (χ3v) is 5.33.